The molecule has 6 nitrogen and oxygen atoms in total. The lowest BCUT2D eigenvalue weighted by Gasteiger charge is -2.43. The van der Waals surface area contributed by atoms with E-state index in [1.54, 1.807) is 0 Å². The predicted octanol–water partition coefficient (Wildman–Crippen LogP) is 5.32. The van der Waals surface area contributed by atoms with Crippen LogP contribution < -0.4 is 20.1 Å². The Kier molecular flexibility index (Phi) is 4.91. The fourth-order valence-electron chi connectivity index (χ4n) is 4.95. The molecule has 2 aliphatic heterocycles. The Morgan fingerprint density at radius 2 is 1.91 bits per heavy atom. The van der Waals surface area contributed by atoms with Crippen LogP contribution in [0.15, 0.2) is 59.1 Å². The molecule has 0 radical (unpaired) electrons. The third-order valence-corrected chi connectivity index (χ3v) is 6.93. The molecule has 0 saturated carbocycles. The Morgan fingerprint density at radius 3 is 2.64 bits per heavy atom. The van der Waals surface area contributed by atoms with Gasteiger partial charge in [0.25, 0.3) is 0 Å². The molecule has 2 aromatic rings. The van der Waals surface area contributed by atoms with Crippen LogP contribution in [0.5, 0.6) is 11.5 Å². The Hall–Kier alpha value is -3.43. The molecule has 1 unspecified atom stereocenters. The SMILES string of the molecule is Cc1ccc(N2C(N)=C(C#N)C(c3ccc4c(c3)OCO4)C3=C2CC(C)(C)CC3=O)cc1Cl. The highest BCUT2D eigenvalue weighted by Crippen LogP contribution is 2.51. The predicted molar refractivity (Wildman–Crippen MR) is 126 cm³/mol. The van der Waals surface area contributed by atoms with E-state index in [2.05, 4.69) is 19.9 Å². The van der Waals surface area contributed by atoms with Crippen molar-refractivity contribution in [3.63, 3.8) is 0 Å². The zero-order chi connectivity index (χ0) is 23.5. The number of nitriles is 1. The second-order valence-electron chi connectivity index (χ2n) is 9.53. The zero-order valence-electron chi connectivity index (χ0n) is 18.7. The third-order valence-electron chi connectivity index (χ3n) is 6.52. The lowest BCUT2D eigenvalue weighted by atomic mass is 9.68. The van der Waals surface area contributed by atoms with Gasteiger partial charge in [-0.1, -0.05) is 37.6 Å². The van der Waals surface area contributed by atoms with E-state index in [0.29, 0.717) is 46.3 Å². The molecule has 168 valence electrons. The first-order valence-electron chi connectivity index (χ1n) is 10.8. The second-order valence-corrected chi connectivity index (χ2v) is 9.93. The van der Waals surface area contributed by atoms with Gasteiger partial charge in [0.15, 0.2) is 17.3 Å². The summed E-state index contributed by atoms with van der Waals surface area (Å²) in [7, 11) is 0. The number of hydrogen-bond acceptors (Lipinski definition) is 6. The van der Waals surface area contributed by atoms with Crippen molar-refractivity contribution in [3.05, 3.63) is 75.2 Å². The van der Waals surface area contributed by atoms with E-state index in [1.165, 1.54) is 0 Å². The maximum Gasteiger partial charge on any atom is 0.231 e. The molecule has 0 amide bonds. The van der Waals surface area contributed by atoms with Crippen LogP contribution in [0.4, 0.5) is 5.69 Å². The maximum absolute atomic E-state index is 13.6. The van der Waals surface area contributed by atoms with Crippen molar-refractivity contribution < 1.29 is 14.3 Å². The number of allylic oxidation sites excluding steroid dienone is 3. The highest BCUT2D eigenvalue weighted by atomic mass is 35.5. The Labute approximate surface area is 197 Å². The molecule has 33 heavy (non-hydrogen) atoms. The fraction of sp³-hybridized carbons (Fsp3) is 0.308. The molecule has 0 bridgehead atoms. The monoisotopic (exact) mass is 461 g/mol. The highest BCUT2D eigenvalue weighted by molar-refractivity contribution is 6.31. The minimum absolute atomic E-state index is 0.0207. The van der Waals surface area contributed by atoms with Gasteiger partial charge in [-0.15, -0.1) is 0 Å². The first kappa shape index (κ1) is 21.4. The van der Waals surface area contributed by atoms with Crippen LogP contribution in [0.2, 0.25) is 5.02 Å². The Bertz CT molecular complexity index is 1300. The van der Waals surface area contributed by atoms with Crippen molar-refractivity contribution in [1.29, 1.82) is 5.26 Å². The van der Waals surface area contributed by atoms with Gasteiger partial charge in [-0.3, -0.25) is 9.69 Å². The molecule has 0 saturated heterocycles. The topological polar surface area (TPSA) is 88.6 Å². The third kappa shape index (κ3) is 3.44. The molecular weight excluding hydrogens is 438 g/mol. The first-order valence-corrected chi connectivity index (χ1v) is 11.2. The van der Waals surface area contributed by atoms with Crippen molar-refractivity contribution in [3.8, 4) is 17.6 Å². The van der Waals surface area contributed by atoms with Crippen molar-refractivity contribution in [2.24, 2.45) is 11.1 Å². The Balaban J connectivity index is 1.75. The number of hydrogen-bond donors (Lipinski definition) is 1. The first-order chi connectivity index (χ1) is 15.7. The average Bonchev–Trinajstić information content (AvgIpc) is 3.22. The smallest absolute Gasteiger partial charge is 0.231 e. The van der Waals surface area contributed by atoms with Crippen LogP contribution in [0.25, 0.3) is 0 Å². The Morgan fingerprint density at radius 1 is 1.15 bits per heavy atom. The summed E-state index contributed by atoms with van der Waals surface area (Å²) in [4.78, 5) is 15.4. The molecule has 7 heteroatoms. The number of nitrogens with two attached hydrogens (primary N) is 1. The largest absolute Gasteiger partial charge is 0.454 e. The number of nitrogens with zero attached hydrogens (tertiary/aromatic N) is 2. The number of carbonyl (C=O) groups excluding carboxylic acids is 1. The standard InChI is InChI=1S/C26H24ClN3O3/c1-14-4-6-16(9-18(14)27)30-19-10-26(2,3)11-20(31)24(19)23(17(12-28)25(30)29)15-5-7-21-22(8-15)33-13-32-21/h4-9,23H,10-11,13,29H2,1-3H3. The normalized spacial score (nSPS) is 21.2. The van der Waals surface area contributed by atoms with Gasteiger partial charge in [0.1, 0.15) is 5.82 Å². The van der Waals surface area contributed by atoms with Gasteiger partial charge in [0.05, 0.1) is 17.6 Å². The van der Waals surface area contributed by atoms with E-state index in [1.807, 2.05) is 48.2 Å². The molecule has 3 aliphatic rings. The minimum Gasteiger partial charge on any atom is -0.454 e. The number of ether oxygens (including phenoxy) is 2. The van der Waals surface area contributed by atoms with Crippen molar-refractivity contribution in [2.75, 3.05) is 11.7 Å². The zero-order valence-corrected chi connectivity index (χ0v) is 19.5. The molecule has 0 aromatic heterocycles. The lowest BCUT2D eigenvalue weighted by Crippen LogP contribution is -2.42. The van der Waals surface area contributed by atoms with Gasteiger partial charge in [0.2, 0.25) is 6.79 Å². The molecule has 2 aromatic carbocycles. The van der Waals surface area contributed by atoms with E-state index >= 15 is 0 Å². The number of Topliss-reactive ketones (excluding diaryl/α,β-unsaturated/α-hetero) is 1. The second kappa shape index (κ2) is 7.57. The summed E-state index contributed by atoms with van der Waals surface area (Å²) < 4.78 is 11.0. The van der Waals surface area contributed by atoms with Gasteiger partial charge in [0, 0.05) is 28.4 Å². The number of carbonyl (C=O) groups is 1. The summed E-state index contributed by atoms with van der Waals surface area (Å²) in [5.41, 5.74) is 10.6. The quantitative estimate of drug-likeness (QED) is 0.651. The fourth-order valence-corrected chi connectivity index (χ4v) is 5.13. The summed E-state index contributed by atoms with van der Waals surface area (Å²) >= 11 is 6.43. The molecule has 0 spiro atoms. The lowest BCUT2D eigenvalue weighted by molar-refractivity contribution is -0.118. The van der Waals surface area contributed by atoms with Crippen molar-refractivity contribution in [2.45, 2.75) is 39.5 Å². The van der Waals surface area contributed by atoms with E-state index < -0.39 is 5.92 Å². The number of halogens is 1. The summed E-state index contributed by atoms with van der Waals surface area (Å²) in [6.07, 6.45) is 1.04. The van der Waals surface area contributed by atoms with E-state index in [0.717, 1.165) is 22.5 Å². The average molecular weight is 462 g/mol. The van der Waals surface area contributed by atoms with Crippen molar-refractivity contribution in [1.82, 2.24) is 0 Å². The van der Waals surface area contributed by atoms with Gasteiger partial charge in [-0.25, -0.2) is 0 Å². The summed E-state index contributed by atoms with van der Waals surface area (Å²) in [5.74, 6) is 1.00. The van der Waals surface area contributed by atoms with Crippen LogP contribution in [0, 0.1) is 23.7 Å². The van der Waals surface area contributed by atoms with Crippen LogP contribution in [-0.4, -0.2) is 12.6 Å². The number of anilines is 1. The van der Waals surface area contributed by atoms with Crippen molar-refractivity contribution >= 4 is 23.1 Å². The van der Waals surface area contributed by atoms with Crippen LogP contribution in [0.1, 0.15) is 43.7 Å². The van der Waals surface area contributed by atoms with Gasteiger partial charge < -0.3 is 15.2 Å². The van der Waals surface area contributed by atoms with Crippen LogP contribution >= 0.6 is 11.6 Å². The van der Waals surface area contributed by atoms with Gasteiger partial charge >= 0.3 is 0 Å². The summed E-state index contributed by atoms with van der Waals surface area (Å²) in [6.45, 7) is 6.22. The molecule has 2 N–H and O–H groups in total. The van der Waals surface area contributed by atoms with E-state index in [-0.39, 0.29) is 18.0 Å². The van der Waals surface area contributed by atoms with Gasteiger partial charge in [-0.2, -0.15) is 5.26 Å². The van der Waals surface area contributed by atoms with Crippen LogP contribution in [0.3, 0.4) is 0 Å². The van der Waals surface area contributed by atoms with E-state index in [9.17, 15) is 10.1 Å². The number of fused-ring (bicyclic) bond motifs is 1. The molecular formula is C26H24ClN3O3. The summed E-state index contributed by atoms with van der Waals surface area (Å²) in [5, 5.41) is 10.8. The number of ketones is 1. The molecule has 5 rings (SSSR count). The van der Waals surface area contributed by atoms with Crippen LogP contribution in [-0.2, 0) is 4.79 Å². The highest BCUT2D eigenvalue weighted by Gasteiger charge is 2.45. The number of aryl methyl sites for hydroxylation is 1. The maximum atomic E-state index is 13.6. The number of benzene rings is 2. The molecule has 2 heterocycles. The van der Waals surface area contributed by atoms with Gasteiger partial charge in [-0.05, 0) is 54.2 Å². The summed E-state index contributed by atoms with van der Waals surface area (Å²) in [6, 6.07) is 13.5. The molecule has 1 atom stereocenters. The number of rotatable bonds is 2. The van der Waals surface area contributed by atoms with E-state index in [4.69, 9.17) is 26.8 Å². The molecule has 1 aliphatic carbocycles. The molecule has 0 fully saturated rings. The minimum atomic E-state index is -0.569.